The number of fused-ring (bicyclic) bond motifs is 1. The molecule has 13 heavy (non-hydrogen) atoms. The van der Waals surface area contributed by atoms with Crippen molar-refractivity contribution >= 4 is 30.4 Å². The first-order valence-electron chi connectivity index (χ1n) is 3.87. The Morgan fingerprint density at radius 1 is 1.38 bits per heavy atom. The molecule has 66 valence electrons. The molecular formula is C8H7BClNO2. The van der Waals surface area contributed by atoms with E-state index in [2.05, 4.69) is 4.99 Å². The predicted octanol–water partition coefficient (Wildman–Crippen LogP) is -0.0477. The van der Waals surface area contributed by atoms with Crippen LogP contribution in [0.3, 0.4) is 0 Å². The summed E-state index contributed by atoms with van der Waals surface area (Å²) in [7, 11) is -1.48. The SMILES string of the molecule is OB(O)c1cc(Cl)c2c(c1)C=NC2. The highest BCUT2D eigenvalue weighted by Gasteiger charge is 2.17. The van der Waals surface area contributed by atoms with E-state index in [1.54, 1.807) is 18.3 Å². The molecule has 1 aliphatic rings. The van der Waals surface area contributed by atoms with Gasteiger partial charge < -0.3 is 10.0 Å². The molecule has 0 spiro atoms. The van der Waals surface area contributed by atoms with Crippen LogP contribution in [0.4, 0.5) is 0 Å². The topological polar surface area (TPSA) is 52.8 Å². The Bertz CT molecular complexity index is 379. The third-order valence-electron chi connectivity index (χ3n) is 2.03. The fourth-order valence-corrected chi connectivity index (χ4v) is 1.64. The minimum Gasteiger partial charge on any atom is -0.423 e. The highest BCUT2D eigenvalue weighted by Crippen LogP contribution is 2.22. The smallest absolute Gasteiger partial charge is 0.423 e. The second kappa shape index (κ2) is 3.14. The van der Waals surface area contributed by atoms with Gasteiger partial charge in [-0.05, 0) is 17.1 Å². The molecule has 0 amide bonds. The Morgan fingerprint density at radius 2 is 2.15 bits per heavy atom. The van der Waals surface area contributed by atoms with Crippen molar-refractivity contribution in [2.24, 2.45) is 4.99 Å². The van der Waals surface area contributed by atoms with Crippen LogP contribution in [0.15, 0.2) is 17.1 Å². The monoisotopic (exact) mass is 195 g/mol. The molecule has 0 atom stereocenters. The Balaban J connectivity index is 2.54. The lowest BCUT2D eigenvalue weighted by atomic mass is 9.79. The average Bonchev–Trinajstić information content (AvgIpc) is 2.51. The summed E-state index contributed by atoms with van der Waals surface area (Å²) in [6.45, 7) is 0.579. The zero-order chi connectivity index (χ0) is 9.42. The molecule has 2 rings (SSSR count). The first-order valence-corrected chi connectivity index (χ1v) is 4.24. The maximum absolute atomic E-state index is 8.93. The van der Waals surface area contributed by atoms with Crippen LogP contribution >= 0.6 is 11.6 Å². The number of hydrogen-bond acceptors (Lipinski definition) is 3. The van der Waals surface area contributed by atoms with Crippen molar-refractivity contribution in [1.29, 1.82) is 0 Å². The first-order chi connectivity index (χ1) is 6.18. The third-order valence-corrected chi connectivity index (χ3v) is 2.37. The quantitative estimate of drug-likeness (QED) is 0.618. The summed E-state index contributed by atoms with van der Waals surface area (Å²) >= 11 is 5.92. The van der Waals surface area contributed by atoms with Gasteiger partial charge in [0.25, 0.3) is 0 Å². The molecule has 0 aromatic heterocycles. The fourth-order valence-electron chi connectivity index (χ4n) is 1.35. The van der Waals surface area contributed by atoms with E-state index in [-0.39, 0.29) is 0 Å². The molecule has 1 aromatic rings. The fraction of sp³-hybridized carbons (Fsp3) is 0.125. The van der Waals surface area contributed by atoms with E-state index in [1.807, 2.05) is 0 Å². The van der Waals surface area contributed by atoms with Crippen LogP contribution in [-0.4, -0.2) is 23.4 Å². The molecule has 1 aromatic carbocycles. The van der Waals surface area contributed by atoms with Gasteiger partial charge in [-0.1, -0.05) is 17.7 Å². The summed E-state index contributed by atoms with van der Waals surface area (Å²) in [5, 5.41) is 18.4. The second-order valence-electron chi connectivity index (χ2n) is 2.91. The summed E-state index contributed by atoms with van der Waals surface area (Å²) in [5.41, 5.74) is 2.22. The van der Waals surface area contributed by atoms with Crippen LogP contribution in [0.2, 0.25) is 5.02 Å². The van der Waals surface area contributed by atoms with Gasteiger partial charge in [0, 0.05) is 16.8 Å². The number of rotatable bonds is 1. The molecule has 1 heterocycles. The highest BCUT2D eigenvalue weighted by molar-refractivity contribution is 6.59. The summed E-state index contributed by atoms with van der Waals surface area (Å²) in [6.07, 6.45) is 1.69. The summed E-state index contributed by atoms with van der Waals surface area (Å²) in [5.74, 6) is 0. The van der Waals surface area contributed by atoms with Crippen LogP contribution in [0.5, 0.6) is 0 Å². The molecule has 0 aliphatic carbocycles. The van der Waals surface area contributed by atoms with Crippen molar-refractivity contribution in [2.75, 3.05) is 0 Å². The molecule has 5 heteroatoms. The number of benzene rings is 1. The van der Waals surface area contributed by atoms with Gasteiger partial charge >= 0.3 is 7.12 Å². The van der Waals surface area contributed by atoms with Crippen molar-refractivity contribution in [1.82, 2.24) is 0 Å². The van der Waals surface area contributed by atoms with Gasteiger partial charge in [0.2, 0.25) is 0 Å². The molecular weight excluding hydrogens is 188 g/mol. The number of aliphatic imine (C=N–C) groups is 1. The summed E-state index contributed by atoms with van der Waals surface area (Å²) in [6, 6.07) is 3.24. The Labute approximate surface area is 80.8 Å². The summed E-state index contributed by atoms with van der Waals surface area (Å²) < 4.78 is 0. The zero-order valence-electron chi connectivity index (χ0n) is 6.74. The van der Waals surface area contributed by atoms with Gasteiger partial charge in [-0.25, -0.2) is 0 Å². The molecule has 0 saturated heterocycles. The summed E-state index contributed by atoms with van der Waals surface area (Å²) in [4.78, 5) is 4.04. The lowest BCUT2D eigenvalue weighted by Gasteiger charge is -2.04. The minimum atomic E-state index is -1.48. The molecule has 0 fully saturated rings. The van der Waals surface area contributed by atoms with Crippen molar-refractivity contribution in [3.8, 4) is 0 Å². The van der Waals surface area contributed by atoms with Crippen molar-refractivity contribution in [3.63, 3.8) is 0 Å². The Kier molecular flexibility index (Phi) is 2.11. The third kappa shape index (κ3) is 1.48. The largest absolute Gasteiger partial charge is 0.488 e. The molecule has 1 aliphatic heterocycles. The van der Waals surface area contributed by atoms with Crippen LogP contribution in [0, 0.1) is 0 Å². The molecule has 2 N–H and O–H groups in total. The van der Waals surface area contributed by atoms with E-state index in [0.29, 0.717) is 17.0 Å². The standard InChI is InChI=1S/C8H7BClNO2/c10-8-2-6(9(12)13)1-5-3-11-4-7(5)8/h1-3,12-13H,4H2. The van der Waals surface area contributed by atoms with E-state index in [0.717, 1.165) is 11.1 Å². The number of nitrogens with zero attached hydrogens (tertiary/aromatic N) is 1. The van der Waals surface area contributed by atoms with Crippen molar-refractivity contribution in [3.05, 3.63) is 28.3 Å². The molecule has 0 saturated carbocycles. The maximum atomic E-state index is 8.93. The normalized spacial score (nSPS) is 13.2. The lowest BCUT2D eigenvalue weighted by Crippen LogP contribution is -2.30. The Morgan fingerprint density at radius 3 is 2.85 bits per heavy atom. The van der Waals surface area contributed by atoms with Gasteiger partial charge in [0.15, 0.2) is 0 Å². The van der Waals surface area contributed by atoms with Gasteiger partial charge in [0.05, 0.1) is 6.54 Å². The number of hydrogen-bond donors (Lipinski definition) is 2. The Hall–Kier alpha value is -0.835. The maximum Gasteiger partial charge on any atom is 0.488 e. The lowest BCUT2D eigenvalue weighted by molar-refractivity contribution is 0.426. The van der Waals surface area contributed by atoms with Gasteiger partial charge in [-0.2, -0.15) is 0 Å². The van der Waals surface area contributed by atoms with Crippen molar-refractivity contribution in [2.45, 2.75) is 6.54 Å². The van der Waals surface area contributed by atoms with E-state index >= 15 is 0 Å². The first kappa shape index (κ1) is 8.75. The average molecular weight is 195 g/mol. The van der Waals surface area contributed by atoms with E-state index in [4.69, 9.17) is 21.6 Å². The molecule has 0 unspecified atom stereocenters. The molecule has 0 bridgehead atoms. The van der Waals surface area contributed by atoms with Gasteiger partial charge in [-0.3, -0.25) is 4.99 Å². The van der Waals surface area contributed by atoms with Crippen LogP contribution in [0.1, 0.15) is 11.1 Å². The zero-order valence-corrected chi connectivity index (χ0v) is 7.49. The van der Waals surface area contributed by atoms with Gasteiger partial charge in [0.1, 0.15) is 0 Å². The molecule has 3 nitrogen and oxygen atoms in total. The highest BCUT2D eigenvalue weighted by atomic mass is 35.5. The van der Waals surface area contributed by atoms with E-state index in [1.165, 1.54) is 0 Å². The van der Waals surface area contributed by atoms with E-state index < -0.39 is 7.12 Å². The predicted molar refractivity (Wildman–Crippen MR) is 52.6 cm³/mol. The van der Waals surface area contributed by atoms with Crippen LogP contribution in [-0.2, 0) is 6.54 Å². The molecule has 0 radical (unpaired) electrons. The van der Waals surface area contributed by atoms with Gasteiger partial charge in [-0.15, -0.1) is 0 Å². The second-order valence-corrected chi connectivity index (χ2v) is 3.32. The van der Waals surface area contributed by atoms with Crippen LogP contribution < -0.4 is 5.46 Å². The van der Waals surface area contributed by atoms with Crippen LogP contribution in [0.25, 0.3) is 0 Å². The van der Waals surface area contributed by atoms with Crippen molar-refractivity contribution < 1.29 is 10.0 Å². The van der Waals surface area contributed by atoms with E-state index in [9.17, 15) is 0 Å². The number of halogens is 1. The minimum absolute atomic E-state index is 0.400.